The zero-order valence-electron chi connectivity index (χ0n) is 17.2. The lowest BCUT2D eigenvalue weighted by Gasteiger charge is -2.25. The lowest BCUT2D eigenvalue weighted by molar-refractivity contribution is -0.118. The summed E-state index contributed by atoms with van der Waals surface area (Å²) in [6, 6.07) is 5.61. The van der Waals surface area contributed by atoms with E-state index in [4.69, 9.17) is 21.4 Å². The lowest BCUT2D eigenvalue weighted by atomic mass is 9.81. The van der Waals surface area contributed by atoms with Crippen LogP contribution in [0.3, 0.4) is 0 Å². The molecule has 2 aliphatic rings. The third kappa shape index (κ3) is 4.55. The Morgan fingerprint density at radius 1 is 1.39 bits per heavy atom. The molecule has 7 nitrogen and oxygen atoms in total. The van der Waals surface area contributed by atoms with Crippen LogP contribution in [-0.2, 0) is 21.4 Å². The minimum atomic E-state index is -0.348. The molecule has 0 saturated carbocycles. The summed E-state index contributed by atoms with van der Waals surface area (Å²) in [5.41, 5.74) is 1.53. The number of aliphatic hydroxyl groups excluding tert-OH is 1. The third-order valence-corrected chi connectivity index (χ3v) is 8.26. The van der Waals surface area contributed by atoms with E-state index < -0.39 is 0 Å². The Labute approximate surface area is 194 Å². The van der Waals surface area contributed by atoms with Crippen molar-refractivity contribution in [3.8, 4) is 0 Å². The zero-order chi connectivity index (χ0) is 22.0. The van der Waals surface area contributed by atoms with Crippen LogP contribution in [-0.4, -0.2) is 66.1 Å². The van der Waals surface area contributed by atoms with E-state index in [2.05, 4.69) is 4.98 Å². The number of aromatic nitrogens is 1. The number of benzene rings is 1. The Morgan fingerprint density at radius 3 is 3.00 bits per heavy atom. The number of halogens is 1. The van der Waals surface area contributed by atoms with Crippen LogP contribution in [0.2, 0.25) is 5.02 Å². The van der Waals surface area contributed by atoms with Gasteiger partial charge in [0.15, 0.2) is 0 Å². The lowest BCUT2D eigenvalue weighted by Crippen LogP contribution is -2.40. The Hall–Kier alpha value is -1.81. The summed E-state index contributed by atoms with van der Waals surface area (Å²) in [7, 11) is 1.38. The molecular weight excluding hydrogens is 458 g/mol. The van der Waals surface area contributed by atoms with Crippen LogP contribution in [0, 0.1) is 0 Å². The van der Waals surface area contributed by atoms with E-state index in [-0.39, 0.29) is 30.4 Å². The average molecular weight is 482 g/mol. The molecule has 1 aromatic heterocycles. The minimum absolute atomic E-state index is 0.0155. The van der Waals surface area contributed by atoms with Crippen molar-refractivity contribution >= 4 is 52.4 Å². The van der Waals surface area contributed by atoms with Gasteiger partial charge in [0, 0.05) is 48.1 Å². The molecule has 166 valence electrons. The van der Waals surface area contributed by atoms with Crippen molar-refractivity contribution in [3.63, 3.8) is 0 Å². The second kappa shape index (κ2) is 9.36. The van der Waals surface area contributed by atoms with Crippen LogP contribution in [0.15, 0.2) is 28.6 Å². The monoisotopic (exact) mass is 481 g/mol. The third-order valence-electron chi connectivity index (χ3n) is 5.75. The first-order valence-corrected chi connectivity index (χ1v) is 12.3. The summed E-state index contributed by atoms with van der Waals surface area (Å²) in [6.07, 6.45) is 3.15. The van der Waals surface area contributed by atoms with E-state index in [1.807, 2.05) is 17.0 Å². The number of carbonyl (C=O) groups is 2. The quantitative estimate of drug-likeness (QED) is 0.501. The fourth-order valence-corrected chi connectivity index (χ4v) is 6.46. The number of rotatable bonds is 6. The van der Waals surface area contributed by atoms with Crippen molar-refractivity contribution in [2.45, 2.75) is 28.9 Å². The van der Waals surface area contributed by atoms with E-state index in [0.29, 0.717) is 24.7 Å². The molecule has 10 heteroatoms. The van der Waals surface area contributed by atoms with Gasteiger partial charge in [-0.2, -0.15) is 0 Å². The standard InChI is InChI=1S/C21H24ClN3O4S2/c1-29-20(28)24-6-5-21(12-24)13-25(16-4-3-14(22)9-15(16)21)18(27)10-17-23-11-19(31-17)30-8-2-7-26/h3-4,9,11,26H,2,5-8,10,12-13H2,1H3. The predicted molar refractivity (Wildman–Crippen MR) is 122 cm³/mol. The largest absolute Gasteiger partial charge is 0.453 e. The Balaban J connectivity index is 1.52. The molecule has 1 fully saturated rings. The molecule has 0 aliphatic carbocycles. The number of carbonyl (C=O) groups excluding carboxylic acids is 2. The van der Waals surface area contributed by atoms with Crippen LogP contribution >= 0.6 is 34.7 Å². The molecule has 2 aliphatic heterocycles. The maximum Gasteiger partial charge on any atom is 0.409 e. The number of anilines is 1. The van der Waals surface area contributed by atoms with Gasteiger partial charge >= 0.3 is 6.09 Å². The van der Waals surface area contributed by atoms with Crippen LogP contribution in [0.4, 0.5) is 10.5 Å². The van der Waals surface area contributed by atoms with Crippen LogP contribution in [0.5, 0.6) is 0 Å². The topological polar surface area (TPSA) is 83.0 Å². The number of thioether (sulfide) groups is 1. The van der Waals surface area contributed by atoms with Crippen molar-refractivity contribution < 1.29 is 19.4 Å². The molecule has 1 spiro atoms. The first kappa shape index (κ1) is 22.4. The molecule has 3 heterocycles. The molecule has 2 amide bonds. The average Bonchev–Trinajstić information content (AvgIpc) is 3.47. The van der Waals surface area contributed by atoms with Gasteiger partial charge in [-0.15, -0.1) is 23.1 Å². The Kier molecular flexibility index (Phi) is 6.76. The van der Waals surface area contributed by atoms with Crippen LogP contribution < -0.4 is 4.90 Å². The number of thiazole rings is 1. The predicted octanol–water partition coefficient (Wildman–Crippen LogP) is 3.57. The molecule has 1 N–H and O–H groups in total. The fraction of sp³-hybridized carbons (Fsp3) is 0.476. The van der Waals surface area contributed by atoms with Crippen LogP contribution in [0.1, 0.15) is 23.4 Å². The number of aliphatic hydroxyl groups is 1. The summed E-state index contributed by atoms with van der Waals surface area (Å²) < 4.78 is 5.94. The maximum absolute atomic E-state index is 13.3. The number of ether oxygens (including phenoxy) is 1. The molecule has 1 saturated heterocycles. The van der Waals surface area contributed by atoms with E-state index >= 15 is 0 Å². The van der Waals surface area contributed by atoms with Gasteiger partial charge in [-0.25, -0.2) is 9.78 Å². The van der Waals surface area contributed by atoms with Gasteiger partial charge in [-0.1, -0.05) is 11.6 Å². The molecular formula is C21H24ClN3O4S2. The van der Waals surface area contributed by atoms with Gasteiger partial charge in [-0.3, -0.25) is 4.79 Å². The van der Waals surface area contributed by atoms with Crippen molar-refractivity contribution in [2.75, 3.05) is 44.0 Å². The van der Waals surface area contributed by atoms with Crippen LogP contribution in [0.25, 0.3) is 0 Å². The maximum atomic E-state index is 13.3. The van der Waals surface area contributed by atoms with Gasteiger partial charge in [-0.05, 0) is 36.6 Å². The summed E-state index contributed by atoms with van der Waals surface area (Å²) in [5.74, 6) is 0.809. The van der Waals surface area contributed by atoms with Gasteiger partial charge < -0.3 is 19.6 Å². The number of methoxy groups -OCH3 is 1. The molecule has 0 radical (unpaired) electrons. The molecule has 1 aromatic carbocycles. The highest BCUT2D eigenvalue weighted by molar-refractivity contribution is 8.01. The van der Waals surface area contributed by atoms with Crippen molar-refractivity contribution in [2.24, 2.45) is 0 Å². The first-order chi connectivity index (χ1) is 15.0. The second-order valence-electron chi connectivity index (χ2n) is 7.74. The van der Waals surface area contributed by atoms with Crippen molar-refractivity contribution in [3.05, 3.63) is 40.0 Å². The van der Waals surface area contributed by atoms with E-state index in [9.17, 15) is 9.59 Å². The Bertz CT molecular complexity index is 985. The molecule has 4 rings (SSSR count). The molecule has 1 atom stereocenters. The second-order valence-corrected chi connectivity index (χ2v) is 10.7. The minimum Gasteiger partial charge on any atom is -0.453 e. The van der Waals surface area contributed by atoms with Gasteiger partial charge in [0.1, 0.15) is 5.01 Å². The van der Waals surface area contributed by atoms with E-state index in [1.54, 1.807) is 28.9 Å². The number of fused-ring (bicyclic) bond motifs is 2. The number of amides is 2. The highest BCUT2D eigenvalue weighted by Gasteiger charge is 2.50. The van der Waals surface area contributed by atoms with Crippen molar-refractivity contribution in [1.29, 1.82) is 0 Å². The van der Waals surface area contributed by atoms with E-state index in [0.717, 1.165) is 39.1 Å². The highest BCUT2D eigenvalue weighted by Crippen LogP contribution is 2.47. The van der Waals surface area contributed by atoms with Gasteiger partial charge in [0.25, 0.3) is 0 Å². The normalized spacial score (nSPS) is 19.8. The van der Waals surface area contributed by atoms with E-state index in [1.165, 1.54) is 18.4 Å². The van der Waals surface area contributed by atoms with Gasteiger partial charge in [0.05, 0.1) is 23.9 Å². The number of hydrogen-bond acceptors (Lipinski definition) is 7. The molecule has 0 bridgehead atoms. The number of nitrogens with zero attached hydrogens (tertiary/aromatic N) is 3. The highest BCUT2D eigenvalue weighted by atomic mass is 35.5. The smallest absolute Gasteiger partial charge is 0.409 e. The van der Waals surface area contributed by atoms with Crippen molar-refractivity contribution in [1.82, 2.24) is 9.88 Å². The summed E-state index contributed by atoms with van der Waals surface area (Å²) in [4.78, 5) is 33.2. The molecule has 2 aromatic rings. The Morgan fingerprint density at radius 2 is 2.23 bits per heavy atom. The molecule has 1 unspecified atom stereocenters. The fourth-order valence-electron chi connectivity index (χ4n) is 4.27. The number of hydrogen-bond donors (Lipinski definition) is 1. The zero-order valence-corrected chi connectivity index (χ0v) is 19.6. The summed E-state index contributed by atoms with van der Waals surface area (Å²) in [5, 5.41) is 10.3. The molecule has 31 heavy (non-hydrogen) atoms. The van der Waals surface area contributed by atoms with Gasteiger partial charge in [0.2, 0.25) is 5.91 Å². The number of likely N-dealkylation sites (tertiary alicyclic amines) is 1. The summed E-state index contributed by atoms with van der Waals surface area (Å²) in [6.45, 7) is 1.77. The first-order valence-electron chi connectivity index (χ1n) is 10.1. The summed E-state index contributed by atoms with van der Waals surface area (Å²) >= 11 is 9.45. The SMILES string of the molecule is COC(=O)N1CCC2(C1)CN(C(=O)Cc1ncc(SCCCO)s1)c1ccc(Cl)cc12.